The van der Waals surface area contributed by atoms with E-state index in [4.69, 9.17) is 35.3 Å². The first kappa shape index (κ1) is 32.6. The number of carbonyl (C=O) groups is 2. The highest BCUT2D eigenvalue weighted by molar-refractivity contribution is 6.19. The zero-order valence-electron chi connectivity index (χ0n) is 26.1. The van der Waals surface area contributed by atoms with Gasteiger partial charge in [-0.05, 0) is 44.8 Å². The number of aliphatic hydroxyl groups is 1. The maximum atomic E-state index is 14.0. The molecule has 2 N–H and O–H groups in total. The zero-order chi connectivity index (χ0) is 32.1. The van der Waals surface area contributed by atoms with E-state index in [1.165, 1.54) is 4.90 Å². The van der Waals surface area contributed by atoms with Crippen LogP contribution < -0.4 is 14.4 Å². The van der Waals surface area contributed by atoms with Crippen LogP contribution in [0.1, 0.15) is 41.2 Å². The van der Waals surface area contributed by atoms with E-state index < -0.39 is 6.09 Å². The van der Waals surface area contributed by atoms with Gasteiger partial charge in [0, 0.05) is 67.4 Å². The molecule has 1 atom stereocenters. The first-order valence-corrected chi connectivity index (χ1v) is 15.6. The minimum absolute atomic E-state index is 0.0975. The number of likely N-dealkylation sites (N-methyl/N-ethyl adjacent to an activating group) is 1. The van der Waals surface area contributed by atoms with Crippen LogP contribution in [0.5, 0.6) is 11.5 Å². The number of amides is 2. The molecule has 0 fully saturated rings. The number of aromatic nitrogens is 2. The molecular formula is C32H40ClN5O7. The van der Waals surface area contributed by atoms with Gasteiger partial charge in [0.1, 0.15) is 23.6 Å². The average molecular weight is 642 g/mol. The Kier molecular flexibility index (Phi) is 10.5. The number of aliphatic hydroxyl groups excluding tert-OH is 1. The molecule has 13 heteroatoms. The third-order valence-corrected chi connectivity index (χ3v) is 7.98. The molecule has 2 aromatic carbocycles. The fourth-order valence-corrected chi connectivity index (χ4v) is 5.72. The van der Waals surface area contributed by atoms with Crippen molar-refractivity contribution in [3.05, 3.63) is 47.5 Å². The maximum absolute atomic E-state index is 14.0. The van der Waals surface area contributed by atoms with Crippen LogP contribution in [0.25, 0.3) is 22.0 Å². The van der Waals surface area contributed by atoms with Crippen molar-refractivity contribution in [2.75, 3.05) is 77.5 Å². The Labute approximate surface area is 266 Å². The molecule has 5 rings (SSSR count). The lowest BCUT2D eigenvalue weighted by Gasteiger charge is -2.22. The Morgan fingerprint density at radius 2 is 1.98 bits per heavy atom. The minimum atomic E-state index is -0.580. The predicted molar refractivity (Wildman–Crippen MR) is 172 cm³/mol. The van der Waals surface area contributed by atoms with E-state index in [1.54, 1.807) is 17.9 Å². The van der Waals surface area contributed by atoms with Crippen LogP contribution in [0.2, 0.25) is 0 Å². The maximum Gasteiger partial charge on any atom is 0.415 e. The molecule has 0 bridgehead atoms. The van der Waals surface area contributed by atoms with E-state index in [1.807, 2.05) is 50.2 Å². The first-order chi connectivity index (χ1) is 21.7. The number of fused-ring (bicyclic) bond motifs is 4. The van der Waals surface area contributed by atoms with Crippen LogP contribution in [0, 0.1) is 6.92 Å². The summed E-state index contributed by atoms with van der Waals surface area (Å²) in [7, 11) is 3.98. The number of oxazole rings is 1. The van der Waals surface area contributed by atoms with Crippen molar-refractivity contribution < 1.29 is 33.3 Å². The Morgan fingerprint density at radius 3 is 2.71 bits per heavy atom. The summed E-state index contributed by atoms with van der Waals surface area (Å²) in [5, 5.41) is 9.84. The molecule has 4 aromatic rings. The van der Waals surface area contributed by atoms with Crippen molar-refractivity contribution in [1.29, 1.82) is 0 Å². The summed E-state index contributed by atoms with van der Waals surface area (Å²) in [5.41, 5.74) is 3.39. The Hall–Kier alpha value is -3.84. The third-order valence-electron chi connectivity index (χ3n) is 7.61. The van der Waals surface area contributed by atoms with E-state index >= 15 is 0 Å². The normalized spacial score (nSPS) is 14.5. The van der Waals surface area contributed by atoms with Crippen LogP contribution in [-0.4, -0.2) is 109 Å². The van der Waals surface area contributed by atoms with E-state index in [0.717, 1.165) is 28.8 Å². The van der Waals surface area contributed by atoms with Crippen LogP contribution in [0.3, 0.4) is 0 Å². The fourth-order valence-electron chi connectivity index (χ4n) is 5.47. The highest BCUT2D eigenvalue weighted by Crippen LogP contribution is 2.46. The van der Waals surface area contributed by atoms with Gasteiger partial charge in [-0.15, -0.1) is 11.6 Å². The van der Waals surface area contributed by atoms with Gasteiger partial charge in [0.25, 0.3) is 5.91 Å². The van der Waals surface area contributed by atoms with Gasteiger partial charge in [0.15, 0.2) is 17.2 Å². The molecule has 1 unspecified atom stereocenters. The Balaban J connectivity index is 1.45. The lowest BCUT2D eigenvalue weighted by atomic mass is 10.0. The molecule has 0 radical (unpaired) electrons. The molecule has 1 aliphatic rings. The zero-order valence-corrected chi connectivity index (χ0v) is 26.9. The number of halogens is 1. The molecule has 0 saturated carbocycles. The standard InChI is InChI=1S/C32H40ClN5O7/c1-5-8-37(10-12-42-14-11-39)32(41)45-27-17-26-28(29-30(27)44-20(2)34-29)22(18-33)19-38(26)31(40)25-16-21-15-23(6-7-24(21)35-25)43-13-9-36(3)4/h6-7,15-17,22,35,39H,5,8-14,18-19H2,1-4H3. The van der Waals surface area contributed by atoms with E-state index in [-0.39, 0.29) is 49.8 Å². The number of aryl methyl sites for hydroxylation is 1. The van der Waals surface area contributed by atoms with Gasteiger partial charge in [-0.25, -0.2) is 9.78 Å². The van der Waals surface area contributed by atoms with Gasteiger partial charge < -0.3 is 43.4 Å². The van der Waals surface area contributed by atoms with Crippen LogP contribution in [-0.2, 0) is 4.74 Å². The van der Waals surface area contributed by atoms with E-state index in [0.29, 0.717) is 54.5 Å². The molecule has 0 spiro atoms. The van der Waals surface area contributed by atoms with Crippen molar-refractivity contribution in [2.45, 2.75) is 26.2 Å². The van der Waals surface area contributed by atoms with Crippen molar-refractivity contribution in [2.24, 2.45) is 0 Å². The van der Waals surface area contributed by atoms with Crippen molar-refractivity contribution >= 4 is 51.3 Å². The van der Waals surface area contributed by atoms with E-state index in [2.05, 4.69) is 9.97 Å². The van der Waals surface area contributed by atoms with Gasteiger partial charge in [-0.2, -0.15) is 0 Å². The molecule has 3 heterocycles. The number of benzene rings is 2. The lowest BCUT2D eigenvalue weighted by molar-refractivity contribution is 0.0728. The number of hydrogen-bond donors (Lipinski definition) is 2. The van der Waals surface area contributed by atoms with Crippen molar-refractivity contribution in [1.82, 2.24) is 19.8 Å². The SMILES string of the molecule is CCCN(CCOCCO)C(=O)Oc1cc2c(c3nc(C)oc13)C(CCl)CN2C(=O)c1cc2cc(OCCN(C)C)ccc2[nH]1. The second-order valence-corrected chi connectivity index (χ2v) is 11.6. The van der Waals surface area contributed by atoms with Crippen molar-refractivity contribution in [3.63, 3.8) is 0 Å². The highest BCUT2D eigenvalue weighted by atomic mass is 35.5. The van der Waals surface area contributed by atoms with Crippen LogP contribution in [0.15, 0.2) is 34.7 Å². The first-order valence-electron chi connectivity index (χ1n) is 15.1. The second kappa shape index (κ2) is 14.5. The number of nitrogens with zero attached hydrogens (tertiary/aromatic N) is 4. The molecule has 45 heavy (non-hydrogen) atoms. The molecular weight excluding hydrogens is 602 g/mol. The predicted octanol–water partition coefficient (Wildman–Crippen LogP) is 4.76. The molecule has 1 aliphatic heterocycles. The number of hydrogen-bond acceptors (Lipinski definition) is 9. The smallest absolute Gasteiger partial charge is 0.415 e. The number of ether oxygens (including phenoxy) is 3. The van der Waals surface area contributed by atoms with Gasteiger partial charge in [-0.3, -0.25) is 4.79 Å². The number of alkyl halides is 1. The summed E-state index contributed by atoms with van der Waals surface area (Å²) in [5.74, 6) is 1.09. The summed E-state index contributed by atoms with van der Waals surface area (Å²) in [6.07, 6.45) is 0.132. The van der Waals surface area contributed by atoms with E-state index in [9.17, 15) is 9.59 Å². The van der Waals surface area contributed by atoms with Gasteiger partial charge in [0.2, 0.25) is 0 Å². The molecule has 0 aliphatic carbocycles. The summed E-state index contributed by atoms with van der Waals surface area (Å²) < 4.78 is 23.1. The van der Waals surface area contributed by atoms with Crippen LogP contribution >= 0.6 is 11.6 Å². The van der Waals surface area contributed by atoms with Gasteiger partial charge in [-0.1, -0.05) is 6.92 Å². The molecule has 12 nitrogen and oxygen atoms in total. The quantitative estimate of drug-likeness (QED) is 0.148. The number of rotatable bonds is 14. The van der Waals surface area contributed by atoms with Gasteiger partial charge in [0.05, 0.1) is 25.5 Å². The number of carbonyl (C=O) groups excluding carboxylic acids is 2. The molecule has 2 aromatic heterocycles. The Bertz CT molecular complexity index is 1650. The number of nitrogens with one attached hydrogen (secondary N) is 1. The minimum Gasteiger partial charge on any atom is -0.492 e. The summed E-state index contributed by atoms with van der Waals surface area (Å²) in [4.78, 5) is 40.4. The second-order valence-electron chi connectivity index (χ2n) is 11.3. The van der Waals surface area contributed by atoms with Crippen molar-refractivity contribution in [3.8, 4) is 11.5 Å². The number of aromatic amines is 1. The largest absolute Gasteiger partial charge is 0.492 e. The fraction of sp³-hybridized carbons (Fsp3) is 0.469. The topological polar surface area (TPSA) is 134 Å². The molecule has 2 amide bonds. The summed E-state index contributed by atoms with van der Waals surface area (Å²) in [6.45, 7) is 6.43. The lowest BCUT2D eigenvalue weighted by Crippen LogP contribution is -2.37. The summed E-state index contributed by atoms with van der Waals surface area (Å²) in [6, 6.07) is 9.16. The van der Waals surface area contributed by atoms with Gasteiger partial charge >= 0.3 is 6.09 Å². The average Bonchev–Trinajstić information content (AvgIpc) is 3.72. The number of anilines is 1. The monoisotopic (exact) mass is 641 g/mol. The molecule has 242 valence electrons. The third kappa shape index (κ3) is 7.19. The summed E-state index contributed by atoms with van der Waals surface area (Å²) >= 11 is 6.43. The Morgan fingerprint density at radius 1 is 1.16 bits per heavy atom. The number of H-pyrrole nitrogens is 1. The molecule has 0 saturated heterocycles. The highest BCUT2D eigenvalue weighted by Gasteiger charge is 2.38. The van der Waals surface area contributed by atoms with Crippen LogP contribution in [0.4, 0.5) is 10.5 Å².